The summed E-state index contributed by atoms with van der Waals surface area (Å²) in [4.78, 5) is 42.7. The molecule has 0 aromatic heterocycles. The molecule has 2 bridgehead atoms. The lowest BCUT2D eigenvalue weighted by atomic mass is 9.70. The van der Waals surface area contributed by atoms with Gasteiger partial charge in [0.1, 0.15) is 11.6 Å². The fraction of sp³-hybridized carbons (Fsp3) is 0.885. The normalized spacial score (nSPS) is 33.3. The zero-order valence-corrected chi connectivity index (χ0v) is 24.1. The number of hydrogen-bond acceptors (Lipinski definition) is 5. The zero-order chi connectivity index (χ0) is 26.5. The molecular weight excluding hydrogens is 514 g/mol. The van der Waals surface area contributed by atoms with Crippen LogP contribution in [0.15, 0.2) is 0 Å². The molecule has 1 spiro atoms. The zero-order valence-electron chi connectivity index (χ0n) is 22.5. The maximum atomic E-state index is 14.0. The molecule has 3 amide bonds. The van der Waals surface area contributed by atoms with Gasteiger partial charge in [-0.05, 0) is 44.4 Å². The van der Waals surface area contributed by atoms with Gasteiger partial charge in [0, 0.05) is 16.9 Å². The summed E-state index contributed by atoms with van der Waals surface area (Å²) in [7, 11) is 0. The molecule has 3 aliphatic rings. The Morgan fingerprint density at radius 2 is 1.86 bits per heavy atom. The number of halogens is 1. The van der Waals surface area contributed by atoms with E-state index in [4.69, 9.17) is 4.74 Å². The molecule has 35 heavy (non-hydrogen) atoms. The van der Waals surface area contributed by atoms with Crippen LogP contribution >= 0.6 is 15.9 Å². The molecule has 3 rings (SSSR count). The Hall–Kier alpha value is -1.19. The van der Waals surface area contributed by atoms with Gasteiger partial charge >= 0.3 is 0 Å². The third-order valence-electron chi connectivity index (χ3n) is 7.58. The summed E-state index contributed by atoms with van der Waals surface area (Å²) in [5.41, 5.74) is -1.65. The molecule has 3 heterocycles. The Morgan fingerprint density at radius 1 is 1.23 bits per heavy atom. The smallest absolute Gasteiger partial charge is 0.246 e. The standard InChI is InChI=1S/C26H44BrN3O5/c1-9-10-28-21(32)17-18-23(34)30(16(12-31)14(2)3)20(26(18)11-15(27)19(17)35-26)22(33)29-25(7,8)13-24(4,5)6/h14-20,31H,9-13H2,1-8H3,(H,28,32)(H,29,33)/t15?,16-,17-,18-,19-,20?,26?/m0/s1. The summed E-state index contributed by atoms with van der Waals surface area (Å²) in [5, 5.41) is 16.4. The van der Waals surface area contributed by atoms with Crippen molar-refractivity contribution in [2.24, 2.45) is 23.2 Å². The first-order chi connectivity index (χ1) is 16.1. The lowest BCUT2D eigenvalue weighted by Crippen LogP contribution is -2.62. The predicted octanol–water partition coefficient (Wildman–Crippen LogP) is 2.61. The van der Waals surface area contributed by atoms with Crippen molar-refractivity contribution in [2.45, 2.75) is 109 Å². The van der Waals surface area contributed by atoms with Gasteiger partial charge in [0.25, 0.3) is 0 Å². The van der Waals surface area contributed by atoms with E-state index in [0.717, 1.165) is 12.8 Å². The highest BCUT2D eigenvalue weighted by Gasteiger charge is 2.77. The van der Waals surface area contributed by atoms with Crippen molar-refractivity contribution in [3.05, 3.63) is 0 Å². The number of nitrogens with zero attached hydrogens (tertiary/aromatic N) is 1. The van der Waals surface area contributed by atoms with Crippen LogP contribution in [-0.4, -0.2) is 75.0 Å². The summed E-state index contributed by atoms with van der Waals surface area (Å²) >= 11 is 3.69. The van der Waals surface area contributed by atoms with Crippen LogP contribution in [0, 0.1) is 23.2 Å². The maximum absolute atomic E-state index is 14.0. The van der Waals surface area contributed by atoms with E-state index in [-0.39, 0.29) is 40.5 Å². The molecule has 200 valence electrons. The Labute approximate surface area is 218 Å². The Balaban J connectivity index is 2.05. The van der Waals surface area contributed by atoms with Crippen LogP contribution < -0.4 is 10.6 Å². The molecule has 3 unspecified atom stereocenters. The quantitative estimate of drug-likeness (QED) is 0.377. The van der Waals surface area contributed by atoms with Crippen molar-refractivity contribution in [1.82, 2.24) is 15.5 Å². The fourth-order valence-corrected chi connectivity index (χ4v) is 7.72. The maximum Gasteiger partial charge on any atom is 0.246 e. The average molecular weight is 559 g/mol. The number of likely N-dealkylation sites (tertiary alicyclic amines) is 1. The Kier molecular flexibility index (Phi) is 8.06. The molecule has 3 fully saturated rings. The molecule has 3 N–H and O–H groups in total. The van der Waals surface area contributed by atoms with Gasteiger partial charge in [-0.3, -0.25) is 14.4 Å². The van der Waals surface area contributed by atoms with Crippen LogP contribution in [0.3, 0.4) is 0 Å². The van der Waals surface area contributed by atoms with Gasteiger partial charge < -0.3 is 25.4 Å². The number of fused-ring (bicyclic) bond motifs is 1. The first kappa shape index (κ1) is 28.4. The molecule has 3 saturated heterocycles. The summed E-state index contributed by atoms with van der Waals surface area (Å²) in [5.74, 6) is -2.29. The van der Waals surface area contributed by atoms with E-state index in [1.807, 2.05) is 34.6 Å². The first-order valence-corrected chi connectivity index (χ1v) is 13.9. The number of hydrogen-bond donors (Lipinski definition) is 3. The molecule has 0 radical (unpaired) electrons. The van der Waals surface area contributed by atoms with E-state index >= 15 is 0 Å². The molecule has 0 aliphatic carbocycles. The number of carbonyl (C=O) groups excluding carboxylic acids is 3. The average Bonchev–Trinajstić information content (AvgIpc) is 3.28. The van der Waals surface area contributed by atoms with E-state index in [1.54, 1.807) is 4.90 Å². The summed E-state index contributed by atoms with van der Waals surface area (Å²) < 4.78 is 6.52. The van der Waals surface area contributed by atoms with E-state index < -0.39 is 41.2 Å². The van der Waals surface area contributed by atoms with Gasteiger partial charge in [0.05, 0.1) is 30.6 Å². The minimum atomic E-state index is -1.12. The van der Waals surface area contributed by atoms with Crippen molar-refractivity contribution in [3.8, 4) is 0 Å². The molecule has 3 aliphatic heterocycles. The van der Waals surface area contributed by atoms with Crippen molar-refractivity contribution < 1.29 is 24.2 Å². The van der Waals surface area contributed by atoms with Crippen molar-refractivity contribution >= 4 is 33.7 Å². The van der Waals surface area contributed by atoms with E-state index in [0.29, 0.717) is 13.0 Å². The highest BCUT2D eigenvalue weighted by molar-refractivity contribution is 9.09. The van der Waals surface area contributed by atoms with Crippen molar-refractivity contribution in [3.63, 3.8) is 0 Å². The second-order valence-electron chi connectivity index (χ2n) is 12.8. The second kappa shape index (κ2) is 9.93. The number of ether oxygens (including phenoxy) is 1. The van der Waals surface area contributed by atoms with Crippen molar-refractivity contribution in [1.29, 1.82) is 0 Å². The molecule has 0 aromatic carbocycles. The third-order valence-corrected chi connectivity index (χ3v) is 8.42. The molecule has 0 saturated carbocycles. The van der Waals surface area contributed by atoms with Gasteiger partial charge in [0.2, 0.25) is 17.7 Å². The SMILES string of the molecule is CCCNC(=O)[C@H]1[C@H]2C(=O)N([C@@H](CO)C(C)C)C(C(=O)NC(C)(C)CC(C)(C)C)C23CC(Br)[C@@H]1O3. The van der Waals surface area contributed by atoms with Gasteiger partial charge in [0.15, 0.2) is 0 Å². The molecule has 0 aromatic rings. The predicted molar refractivity (Wildman–Crippen MR) is 138 cm³/mol. The summed E-state index contributed by atoms with van der Waals surface area (Å²) in [6, 6.07) is -1.48. The number of aliphatic hydroxyl groups excluding tert-OH is 1. The Morgan fingerprint density at radius 3 is 2.37 bits per heavy atom. The number of nitrogens with one attached hydrogen (secondary N) is 2. The monoisotopic (exact) mass is 557 g/mol. The van der Waals surface area contributed by atoms with Crippen LogP contribution in [-0.2, 0) is 19.1 Å². The van der Waals surface area contributed by atoms with Crippen LogP contribution in [0.5, 0.6) is 0 Å². The van der Waals surface area contributed by atoms with Crippen LogP contribution in [0.25, 0.3) is 0 Å². The van der Waals surface area contributed by atoms with E-state index in [2.05, 4.69) is 47.3 Å². The molecule has 8 nitrogen and oxygen atoms in total. The van der Waals surface area contributed by atoms with Crippen LogP contribution in [0.1, 0.15) is 74.7 Å². The highest BCUT2D eigenvalue weighted by atomic mass is 79.9. The molecular formula is C26H44BrN3O5. The molecule has 9 heteroatoms. The molecule has 7 atom stereocenters. The van der Waals surface area contributed by atoms with Gasteiger partial charge in [-0.25, -0.2) is 0 Å². The summed E-state index contributed by atoms with van der Waals surface area (Å²) in [6.45, 7) is 16.4. The van der Waals surface area contributed by atoms with E-state index in [1.165, 1.54) is 0 Å². The number of carbonyl (C=O) groups is 3. The number of amides is 3. The van der Waals surface area contributed by atoms with Gasteiger partial charge in [-0.1, -0.05) is 57.5 Å². The largest absolute Gasteiger partial charge is 0.394 e. The number of alkyl halides is 1. The minimum absolute atomic E-state index is 0.0138. The lowest BCUT2D eigenvalue weighted by molar-refractivity contribution is -0.147. The fourth-order valence-electron chi connectivity index (χ4n) is 6.78. The third kappa shape index (κ3) is 5.14. The number of aliphatic hydroxyl groups is 1. The second-order valence-corrected chi connectivity index (χ2v) is 14.0. The van der Waals surface area contributed by atoms with Crippen molar-refractivity contribution in [2.75, 3.05) is 13.2 Å². The summed E-state index contributed by atoms with van der Waals surface area (Å²) in [6.07, 6.45) is 1.50. The Bertz CT molecular complexity index is 841. The van der Waals surface area contributed by atoms with Gasteiger partial charge in [-0.2, -0.15) is 0 Å². The minimum Gasteiger partial charge on any atom is -0.394 e. The highest BCUT2D eigenvalue weighted by Crippen LogP contribution is 2.60. The van der Waals surface area contributed by atoms with Crippen LogP contribution in [0.4, 0.5) is 0 Å². The van der Waals surface area contributed by atoms with E-state index in [9.17, 15) is 19.5 Å². The first-order valence-electron chi connectivity index (χ1n) is 12.9. The number of rotatable bonds is 9. The topological polar surface area (TPSA) is 108 Å². The van der Waals surface area contributed by atoms with Gasteiger partial charge in [-0.15, -0.1) is 0 Å². The lowest BCUT2D eigenvalue weighted by Gasteiger charge is -2.41. The van der Waals surface area contributed by atoms with Crippen LogP contribution in [0.2, 0.25) is 0 Å².